The van der Waals surface area contributed by atoms with Crippen molar-refractivity contribution in [3.63, 3.8) is 0 Å². The Morgan fingerprint density at radius 1 is 1.32 bits per heavy atom. The van der Waals surface area contributed by atoms with E-state index in [1.54, 1.807) is 29.6 Å². The molecule has 0 heterocycles. The molecule has 4 N–H and O–H groups in total. The van der Waals surface area contributed by atoms with Crippen LogP contribution in [0.5, 0.6) is 5.75 Å². The maximum absolute atomic E-state index is 11.8. The van der Waals surface area contributed by atoms with Gasteiger partial charge >= 0.3 is 12.2 Å². The van der Waals surface area contributed by atoms with Crippen molar-refractivity contribution >= 4 is 11.7 Å². The summed E-state index contributed by atoms with van der Waals surface area (Å²) in [5.41, 5.74) is 6.06. The van der Waals surface area contributed by atoms with Crippen molar-refractivity contribution in [1.29, 1.82) is 0 Å². The van der Waals surface area contributed by atoms with Crippen molar-refractivity contribution < 1.29 is 22.7 Å². The van der Waals surface area contributed by atoms with Crippen molar-refractivity contribution in [3.05, 3.63) is 24.3 Å². The van der Waals surface area contributed by atoms with E-state index in [1.165, 1.54) is 0 Å². The van der Waals surface area contributed by atoms with Crippen LogP contribution in [0.15, 0.2) is 24.3 Å². The third kappa shape index (κ3) is 7.02. The number of amides is 2. The van der Waals surface area contributed by atoms with Gasteiger partial charge in [-0.15, -0.1) is 0 Å². The van der Waals surface area contributed by atoms with Crippen molar-refractivity contribution in [2.75, 3.05) is 25.4 Å². The molecule has 106 valence electrons. The number of rotatable bonds is 5. The average Bonchev–Trinajstić information content (AvgIpc) is 2.31. The lowest BCUT2D eigenvalue weighted by atomic mass is 10.3. The van der Waals surface area contributed by atoms with Gasteiger partial charge in [-0.05, 0) is 12.1 Å². The van der Waals surface area contributed by atoms with Gasteiger partial charge in [-0.25, -0.2) is 4.79 Å². The fourth-order valence-corrected chi connectivity index (χ4v) is 1.18. The molecule has 1 rings (SSSR count). The molecule has 0 aromatic heterocycles. The number of hydrogen-bond acceptors (Lipinski definition) is 3. The van der Waals surface area contributed by atoms with Crippen LogP contribution < -0.4 is 21.1 Å². The normalized spacial score (nSPS) is 10.9. The van der Waals surface area contributed by atoms with Gasteiger partial charge in [-0.2, -0.15) is 13.2 Å². The number of nitrogen functional groups attached to an aromatic ring is 1. The molecule has 0 atom stereocenters. The lowest BCUT2D eigenvalue weighted by molar-refractivity contribution is -0.122. The van der Waals surface area contributed by atoms with E-state index in [-0.39, 0.29) is 13.2 Å². The van der Waals surface area contributed by atoms with Crippen LogP contribution in [0.25, 0.3) is 0 Å². The quantitative estimate of drug-likeness (QED) is 0.564. The highest BCUT2D eigenvalue weighted by molar-refractivity contribution is 5.73. The second-order valence-corrected chi connectivity index (χ2v) is 3.65. The molecule has 0 spiro atoms. The summed E-state index contributed by atoms with van der Waals surface area (Å²) in [5.74, 6) is 0.525. The molecule has 0 aliphatic heterocycles. The second kappa shape index (κ2) is 6.72. The lowest BCUT2D eigenvalue weighted by Crippen LogP contribution is -2.42. The zero-order valence-electron chi connectivity index (χ0n) is 9.96. The monoisotopic (exact) mass is 277 g/mol. The third-order valence-electron chi connectivity index (χ3n) is 1.96. The predicted octanol–water partition coefficient (Wildman–Crippen LogP) is 1.51. The highest BCUT2D eigenvalue weighted by Crippen LogP contribution is 2.14. The van der Waals surface area contributed by atoms with Crippen LogP contribution in [-0.2, 0) is 0 Å². The Bertz CT molecular complexity index is 424. The molecule has 19 heavy (non-hydrogen) atoms. The number of benzene rings is 1. The number of nitrogens with one attached hydrogen (secondary N) is 2. The Balaban J connectivity index is 2.15. The number of hydrogen-bond donors (Lipinski definition) is 3. The van der Waals surface area contributed by atoms with E-state index in [0.717, 1.165) is 0 Å². The number of alkyl halides is 3. The average molecular weight is 277 g/mol. The first-order valence-corrected chi connectivity index (χ1v) is 5.43. The van der Waals surface area contributed by atoms with Gasteiger partial charge < -0.3 is 21.1 Å². The minimum atomic E-state index is -4.42. The van der Waals surface area contributed by atoms with E-state index in [1.807, 2.05) is 0 Å². The molecule has 0 saturated heterocycles. The first-order chi connectivity index (χ1) is 8.87. The fraction of sp³-hybridized carbons (Fsp3) is 0.364. The molecule has 0 aliphatic rings. The van der Waals surface area contributed by atoms with Gasteiger partial charge in [0, 0.05) is 11.8 Å². The van der Waals surface area contributed by atoms with E-state index in [4.69, 9.17) is 10.5 Å². The zero-order chi connectivity index (χ0) is 14.3. The van der Waals surface area contributed by atoms with E-state index in [0.29, 0.717) is 11.4 Å². The van der Waals surface area contributed by atoms with Gasteiger partial charge in [0.15, 0.2) is 0 Å². The lowest BCUT2D eigenvalue weighted by Gasteiger charge is -2.10. The van der Waals surface area contributed by atoms with Gasteiger partial charge in [0.25, 0.3) is 0 Å². The Morgan fingerprint density at radius 2 is 2.05 bits per heavy atom. The van der Waals surface area contributed by atoms with Crippen LogP contribution in [0, 0.1) is 0 Å². The largest absolute Gasteiger partial charge is 0.492 e. The van der Waals surface area contributed by atoms with Gasteiger partial charge in [-0.3, -0.25) is 0 Å². The van der Waals surface area contributed by atoms with E-state index in [9.17, 15) is 18.0 Å². The van der Waals surface area contributed by atoms with Gasteiger partial charge in [0.05, 0.1) is 6.54 Å². The Hall–Kier alpha value is -2.12. The molecule has 0 fully saturated rings. The number of anilines is 1. The van der Waals surface area contributed by atoms with Crippen molar-refractivity contribution in [3.8, 4) is 5.75 Å². The molecule has 2 amide bonds. The van der Waals surface area contributed by atoms with Gasteiger partial charge in [0.2, 0.25) is 0 Å². The summed E-state index contributed by atoms with van der Waals surface area (Å²) >= 11 is 0. The van der Waals surface area contributed by atoms with Crippen LogP contribution in [-0.4, -0.2) is 31.9 Å². The molecule has 0 aliphatic carbocycles. The van der Waals surface area contributed by atoms with Gasteiger partial charge in [0.1, 0.15) is 18.9 Å². The summed E-state index contributed by atoms with van der Waals surface area (Å²) < 4.78 is 40.6. The zero-order valence-corrected chi connectivity index (χ0v) is 9.96. The number of urea groups is 1. The minimum Gasteiger partial charge on any atom is -0.492 e. The van der Waals surface area contributed by atoms with Crippen LogP contribution in [0.1, 0.15) is 0 Å². The van der Waals surface area contributed by atoms with Crippen LogP contribution >= 0.6 is 0 Å². The molecule has 5 nitrogen and oxygen atoms in total. The Labute approximate surface area is 107 Å². The van der Waals surface area contributed by atoms with Crippen molar-refractivity contribution in [1.82, 2.24) is 10.6 Å². The summed E-state index contributed by atoms with van der Waals surface area (Å²) in [6.07, 6.45) is -4.42. The molecule has 0 saturated carbocycles. The molecular weight excluding hydrogens is 263 g/mol. The number of halogens is 3. The first-order valence-electron chi connectivity index (χ1n) is 5.43. The highest BCUT2D eigenvalue weighted by Gasteiger charge is 2.27. The summed E-state index contributed by atoms with van der Waals surface area (Å²) in [4.78, 5) is 11.0. The molecule has 0 unspecified atom stereocenters. The fourth-order valence-electron chi connectivity index (χ4n) is 1.18. The van der Waals surface area contributed by atoms with Gasteiger partial charge in [-0.1, -0.05) is 6.07 Å². The molecule has 0 radical (unpaired) electrons. The summed E-state index contributed by atoms with van der Waals surface area (Å²) in [6, 6.07) is 5.78. The van der Waals surface area contributed by atoms with E-state index in [2.05, 4.69) is 5.32 Å². The number of nitrogens with two attached hydrogens (primary N) is 1. The SMILES string of the molecule is Nc1cccc(OCCNC(=O)NCC(F)(F)F)c1. The number of carbonyl (C=O) groups excluding carboxylic acids is 1. The van der Waals surface area contributed by atoms with Crippen LogP contribution in [0.4, 0.5) is 23.7 Å². The topological polar surface area (TPSA) is 76.4 Å². The molecule has 1 aromatic rings. The molecule has 0 bridgehead atoms. The van der Waals surface area contributed by atoms with Crippen LogP contribution in [0.2, 0.25) is 0 Å². The maximum atomic E-state index is 11.8. The highest BCUT2D eigenvalue weighted by atomic mass is 19.4. The Kier molecular flexibility index (Phi) is 5.28. The molecular formula is C11H14F3N3O2. The standard InChI is InChI=1S/C11H14F3N3O2/c12-11(13,14)7-17-10(18)16-4-5-19-9-3-1-2-8(15)6-9/h1-3,6H,4-5,7,15H2,(H2,16,17,18). The molecule has 1 aromatic carbocycles. The van der Waals surface area contributed by atoms with Crippen LogP contribution in [0.3, 0.4) is 0 Å². The summed E-state index contributed by atoms with van der Waals surface area (Å²) in [5, 5.41) is 3.91. The third-order valence-corrected chi connectivity index (χ3v) is 1.96. The minimum absolute atomic E-state index is 0.0818. The predicted molar refractivity (Wildman–Crippen MR) is 63.8 cm³/mol. The van der Waals surface area contributed by atoms with Crippen molar-refractivity contribution in [2.24, 2.45) is 0 Å². The van der Waals surface area contributed by atoms with Crippen molar-refractivity contribution in [2.45, 2.75) is 6.18 Å². The maximum Gasteiger partial charge on any atom is 0.405 e. The van der Waals surface area contributed by atoms with E-state index >= 15 is 0 Å². The summed E-state index contributed by atoms with van der Waals surface area (Å²) in [7, 11) is 0. The number of carbonyl (C=O) groups is 1. The summed E-state index contributed by atoms with van der Waals surface area (Å²) in [6.45, 7) is -1.16. The van der Waals surface area contributed by atoms with E-state index < -0.39 is 18.8 Å². The first kappa shape index (κ1) is 14.9. The second-order valence-electron chi connectivity index (χ2n) is 3.65. The number of ether oxygens (including phenoxy) is 1. The molecule has 8 heteroatoms. The Morgan fingerprint density at radius 3 is 2.68 bits per heavy atom. The smallest absolute Gasteiger partial charge is 0.405 e.